The van der Waals surface area contributed by atoms with Crippen LogP contribution in [0, 0.1) is 0 Å². The number of nitrogens with zero attached hydrogens (tertiary/aromatic N) is 1. The van der Waals surface area contributed by atoms with Crippen molar-refractivity contribution in [2.75, 3.05) is 6.54 Å². The van der Waals surface area contributed by atoms with Crippen LogP contribution in [0.4, 0.5) is 0 Å². The molecule has 0 fully saturated rings. The van der Waals surface area contributed by atoms with E-state index in [-0.39, 0.29) is 0 Å². The molecule has 19 heavy (non-hydrogen) atoms. The Hall–Kier alpha value is -0.373. The zero-order valence-corrected chi connectivity index (χ0v) is 14.6. The lowest BCUT2D eigenvalue weighted by atomic mass is 10.2. The minimum absolute atomic E-state index is 1.04. The van der Waals surface area contributed by atoms with Gasteiger partial charge in [-0.3, -0.25) is 4.99 Å². The minimum atomic E-state index is -1.04. The summed E-state index contributed by atoms with van der Waals surface area (Å²) in [6, 6.07) is 5.46. The van der Waals surface area contributed by atoms with Crippen LogP contribution in [0.5, 0.6) is 0 Å². The second kappa shape index (κ2) is 12.7. The number of aliphatic imine (C=N–C) groups is 1. The highest BCUT2D eigenvalue weighted by Crippen LogP contribution is 2.26. The van der Waals surface area contributed by atoms with Gasteiger partial charge in [0.25, 0.3) is 0 Å². The van der Waals surface area contributed by atoms with Gasteiger partial charge in [-0.15, -0.1) is 6.58 Å². The van der Waals surface area contributed by atoms with Crippen molar-refractivity contribution in [1.82, 2.24) is 0 Å². The third kappa shape index (κ3) is 9.20. The molecule has 1 nitrogen and oxygen atoms in total. The highest BCUT2D eigenvalue weighted by atomic mass is 28.3. The van der Waals surface area contributed by atoms with Gasteiger partial charge in [-0.05, 0) is 25.1 Å². The van der Waals surface area contributed by atoms with E-state index in [9.17, 15) is 0 Å². The van der Waals surface area contributed by atoms with Crippen molar-refractivity contribution in [2.45, 2.75) is 83.5 Å². The lowest BCUT2D eigenvalue weighted by Gasteiger charge is -2.27. The van der Waals surface area contributed by atoms with E-state index in [4.69, 9.17) is 0 Å². The largest absolute Gasteiger partial charge is 0.298 e. The van der Waals surface area contributed by atoms with Crippen LogP contribution in [0.1, 0.15) is 59.3 Å². The van der Waals surface area contributed by atoms with Gasteiger partial charge < -0.3 is 0 Å². The van der Waals surface area contributed by atoms with Gasteiger partial charge in [0.2, 0.25) is 0 Å². The molecular weight excluding hydrogens is 246 g/mol. The van der Waals surface area contributed by atoms with Gasteiger partial charge in [-0.2, -0.15) is 0 Å². The first-order valence-corrected chi connectivity index (χ1v) is 11.2. The molecule has 0 bridgehead atoms. The summed E-state index contributed by atoms with van der Waals surface area (Å²) in [6.45, 7) is 12.0. The van der Waals surface area contributed by atoms with Crippen LogP contribution in [0.25, 0.3) is 0 Å². The van der Waals surface area contributed by atoms with Gasteiger partial charge in [-0.25, -0.2) is 0 Å². The predicted octanol–water partition coefficient (Wildman–Crippen LogP) is 6.09. The predicted molar refractivity (Wildman–Crippen MR) is 93.3 cm³/mol. The third-order valence-corrected chi connectivity index (χ3v) is 9.91. The molecule has 2 heteroatoms. The molecular formula is C17H35NSi. The number of allylic oxidation sites excluding steroid dienone is 1. The Morgan fingerprint density at radius 2 is 1.68 bits per heavy atom. The van der Waals surface area contributed by atoms with Crippen molar-refractivity contribution < 1.29 is 0 Å². The number of hydrogen-bond donors (Lipinski definition) is 0. The molecule has 0 unspecified atom stereocenters. The Balaban J connectivity index is 3.71. The second-order valence-electron chi connectivity index (χ2n) is 5.74. The summed E-state index contributed by atoms with van der Waals surface area (Å²) in [5, 5.41) is 0. The summed E-state index contributed by atoms with van der Waals surface area (Å²) in [5.74, 6) is 0. The van der Waals surface area contributed by atoms with Crippen molar-refractivity contribution in [2.24, 2.45) is 4.99 Å². The summed E-state index contributed by atoms with van der Waals surface area (Å²) in [6.07, 6.45) is 12.2. The van der Waals surface area contributed by atoms with E-state index in [2.05, 4.69) is 44.6 Å². The van der Waals surface area contributed by atoms with Crippen LogP contribution >= 0.6 is 0 Å². The monoisotopic (exact) mass is 281 g/mol. The fourth-order valence-electron chi connectivity index (χ4n) is 2.66. The maximum absolute atomic E-state index is 4.57. The van der Waals surface area contributed by atoms with Gasteiger partial charge in [0, 0.05) is 6.54 Å². The van der Waals surface area contributed by atoms with Gasteiger partial charge in [0.15, 0.2) is 0 Å². The Bertz CT molecular complexity index is 231. The lowest BCUT2D eigenvalue weighted by molar-refractivity contribution is 0.639. The summed E-state index contributed by atoms with van der Waals surface area (Å²) in [5.41, 5.74) is 0. The highest BCUT2D eigenvalue weighted by Gasteiger charge is 2.25. The fourth-order valence-corrected chi connectivity index (χ4v) is 6.00. The topological polar surface area (TPSA) is 12.4 Å². The molecule has 0 amide bonds. The van der Waals surface area contributed by atoms with E-state index in [0.717, 1.165) is 6.54 Å². The van der Waals surface area contributed by atoms with E-state index < -0.39 is 8.07 Å². The molecule has 112 valence electrons. The third-order valence-electron chi connectivity index (χ3n) is 4.40. The molecule has 0 heterocycles. The lowest BCUT2D eigenvalue weighted by Crippen LogP contribution is -2.31. The maximum atomic E-state index is 4.57. The van der Waals surface area contributed by atoms with Crippen LogP contribution in [-0.2, 0) is 0 Å². The molecule has 0 saturated carbocycles. The van der Waals surface area contributed by atoms with Gasteiger partial charge >= 0.3 is 0 Å². The molecule has 0 rings (SSSR count). The molecule has 0 aromatic carbocycles. The zero-order valence-electron chi connectivity index (χ0n) is 13.6. The molecule has 0 aliphatic carbocycles. The SMILES string of the molecule is C=CC[Si](CC)(CC)CCC=NCCCCCCC. The fraction of sp³-hybridized carbons (Fsp3) is 0.824. The van der Waals surface area contributed by atoms with Crippen LogP contribution in [0.2, 0.25) is 24.2 Å². The van der Waals surface area contributed by atoms with Gasteiger partial charge in [0.1, 0.15) is 0 Å². The summed E-state index contributed by atoms with van der Waals surface area (Å²) in [4.78, 5) is 4.57. The number of hydrogen-bond acceptors (Lipinski definition) is 1. The second-order valence-corrected chi connectivity index (χ2v) is 11.1. The highest BCUT2D eigenvalue weighted by molar-refractivity contribution is 6.80. The number of unbranched alkanes of at least 4 members (excludes halogenated alkanes) is 4. The van der Waals surface area contributed by atoms with Crippen LogP contribution in [-0.4, -0.2) is 20.8 Å². The van der Waals surface area contributed by atoms with Crippen molar-refractivity contribution in [3.63, 3.8) is 0 Å². The Labute approximate surface area is 122 Å². The smallest absolute Gasteiger partial charge is 0.0571 e. The van der Waals surface area contributed by atoms with Crippen LogP contribution in [0.3, 0.4) is 0 Å². The van der Waals surface area contributed by atoms with Gasteiger partial charge in [0.05, 0.1) is 8.07 Å². The van der Waals surface area contributed by atoms with E-state index in [0.29, 0.717) is 0 Å². The summed E-state index contributed by atoms with van der Waals surface area (Å²) < 4.78 is 0. The van der Waals surface area contributed by atoms with Crippen molar-refractivity contribution in [3.8, 4) is 0 Å². The molecule has 0 N–H and O–H groups in total. The standard InChI is InChI=1S/C17H35NSi/c1-5-9-10-11-12-14-18-15-13-17-19(7-3,8-4)16-6-2/h6,15H,2,5,7-14,16-17H2,1,3-4H3. The molecule has 0 aromatic heterocycles. The van der Waals surface area contributed by atoms with Crippen molar-refractivity contribution in [1.29, 1.82) is 0 Å². The van der Waals surface area contributed by atoms with Gasteiger partial charge in [-0.1, -0.05) is 70.7 Å². The normalized spacial score (nSPS) is 12.2. The first kappa shape index (κ1) is 18.6. The van der Waals surface area contributed by atoms with E-state index in [1.165, 1.54) is 62.7 Å². The quantitative estimate of drug-likeness (QED) is 0.168. The Kier molecular flexibility index (Phi) is 12.4. The maximum Gasteiger partial charge on any atom is 0.0571 e. The minimum Gasteiger partial charge on any atom is -0.298 e. The molecule has 0 spiro atoms. The molecule has 0 atom stereocenters. The first-order valence-electron chi connectivity index (χ1n) is 8.33. The summed E-state index contributed by atoms with van der Waals surface area (Å²) in [7, 11) is -1.04. The van der Waals surface area contributed by atoms with Crippen LogP contribution < -0.4 is 0 Å². The Morgan fingerprint density at radius 1 is 1.00 bits per heavy atom. The average molecular weight is 282 g/mol. The van der Waals surface area contributed by atoms with Crippen LogP contribution in [0.15, 0.2) is 17.6 Å². The molecule has 0 saturated heterocycles. The van der Waals surface area contributed by atoms with E-state index in [1.807, 2.05) is 0 Å². The van der Waals surface area contributed by atoms with E-state index in [1.54, 1.807) is 0 Å². The Morgan fingerprint density at radius 3 is 2.26 bits per heavy atom. The molecule has 0 radical (unpaired) electrons. The van der Waals surface area contributed by atoms with Crippen molar-refractivity contribution in [3.05, 3.63) is 12.7 Å². The molecule has 0 aliphatic heterocycles. The van der Waals surface area contributed by atoms with E-state index >= 15 is 0 Å². The average Bonchev–Trinajstić information content (AvgIpc) is 2.44. The van der Waals surface area contributed by atoms with Crippen molar-refractivity contribution >= 4 is 14.3 Å². The first-order chi connectivity index (χ1) is 9.24. The zero-order chi connectivity index (χ0) is 14.4. The number of rotatable bonds is 13. The molecule has 0 aromatic rings. The molecule has 0 aliphatic rings. The summed E-state index contributed by atoms with van der Waals surface area (Å²) >= 11 is 0.